The molecule has 1 atom stereocenters. The van der Waals surface area contributed by atoms with E-state index >= 15 is 0 Å². The van der Waals surface area contributed by atoms with E-state index in [0.29, 0.717) is 6.54 Å². The first-order chi connectivity index (χ1) is 13.2. The molecule has 0 saturated carbocycles. The minimum absolute atomic E-state index is 0.0998. The molecule has 0 aliphatic carbocycles. The molecule has 1 unspecified atom stereocenters. The summed E-state index contributed by atoms with van der Waals surface area (Å²) in [5.74, 6) is 1.08. The Balaban J connectivity index is 1.45. The van der Waals surface area contributed by atoms with Gasteiger partial charge in [0, 0.05) is 37.4 Å². The second kappa shape index (κ2) is 7.62. The molecule has 2 heterocycles. The number of aromatic nitrogens is 1. The summed E-state index contributed by atoms with van der Waals surface area (Å²) < 4.78 is 0. The second-order valence-corrected chi connectivity index (χ2v) is 6.92. The zero-order valence-electron chi connectivity index (χ0n) is 15.5. The van der Waals surface area contributed by atoms with Crippen molar-refractivity contribution in [2.45, 2.75) is 13.0 Å². The summed E-state index contributed by atoms with van der Waals surface area (Å²) in [4.78, 5) is 21.6. The lowest BCUT2D eigenvalue weighted by molar-refractivity contribution is 0.0673. The average molecular weight is 357 g/mol. The van der Waals surface area contributed by atoms with Crippen molar-refractivity contribution >= 4 is 11.7 Å². The highest BCUT2D eigenvalue weighted by atomic mass is 16.2. The van der Waals surface area contributed by atoms with E-state index in [2.05, 4.69) is 28.9 Å². The fraction of sp³-hybridized carbons (Fsp3) is 0.217. The second-order valence-electron chi connectivity index (χ2n) is 6.92. The number of anilines is 1. The third-order valence-corrected chi connectivity index (χ3v) is 5.10. The van der Waals surface area contributed by atoms with Crippen LogP contribution in [-0.2, 0) is 0 Å². The summed E-state index contributed by atoms with van der Waals surface area (Å²) in [6, 6.07) is 24.2. The summed E-state index contributed by atoms with van der Waals surface area (Å²) >= 11 is 0. The van der Waals surface area contributed by atoms with Gasteiger partial charge in [0.15, 0.2) is 0 Å². The number of pyridine rings is 1. The van der Waals surface area contributed by atoms with Crippen molar-refractivity contribution in [1.82, 2.24) is 9.88 Å². The van der Waals surface area contributed by atoms with Crippen LogP contribution in [0.4, 0.5) is 5.82 Å². The summed E-state index contributed by atoms with van der Waals surface area (Å²) in [6.45, 7) is 4.41. The van der Waals surface area contributed by atoms with Crippen molar-refractivity contribution in [1.29, 1.82) is 0 Å². The SMILES string of the molecule is CC1CN(c2ccccn2)CCN1C(=O)c1ccc(-c2ccccc2)cc1. The number of rotatable bonds is 3. The maximum absolute atomic E-state index is 13.0. The maximum atomic E-state index is 13.0. The van der Waals surface area contributed by atoms with Crippen LogP contribution in [-0.4, -0.2) is 41.5 Å². The molecular formula is C23H23N3O. The van der Waals surface area contributed by atoms with Crippen molar-refractivity contribution < 1.29 is 4.79 Å². The molecule has 136 valence electrons. The molecule has 1 saturated heterocycles. The Morgan fingerprint density at radius 2 is 1.59 bits per heavy atom. The molecule has 2 aromatic carbocycles. The largest absolute Gasteiger partial charge is 0.353 e. The minimum Gasteiger partial charge on any atom is -0.353 e. The van der Waals surface area contributed by atoms with Crippen LogP contribution >= 0.6 is 0 Å². The molecular weight excluding hydrogens is 334 g/mol. The van der Waals surface area contributed by atoms with Gasteiger partial charge in [0.05, 0.1) is 0 Å². The summed E-state index contributed by atoms with van der Waals surface area (Å²) in [5.41, 5.74) is 3.03. The number of hydrogen-bond donors (Lipinski definition) is 0. The number of amides is 1. The number of carbonyl (C=O) groups excluding carboxylic acids is 1. The molecule has 3 aromatic rings. The molecule has 0 radical (unpaired) electrons. The van der Waals surface area contributed by atoms with Crippen molar-refractivity contribution in [2.24, 2.45) is 0 Å². The highest BCUT2D eigenvalue weighted by molar-refractivity contribution is 5.95. The predicted molar refractivity (Wildman–Crippen MR) is 109 cm³/mol. The van der Waals surface area contributed by atoms with E-state index in [4.69, 9.17) is 0 Å². The lowest BCUT2D eigenvalue weighted by Gasteiger charge is -2.40. The zero-order valence-corrected chi connectivity index (χ0v) is 15.5. The Labute approximate surface area is 160 Å². The standard InChI is InChI=1S/C23H23N3O/c1-18-17-25(22-9-5-6-14-24-22)15-16-26(18)23(27)21-12-10-20(11-13-21)19-7-3-2-4-8-19/h2-14,18H,15-17H2,1H3. The molecule has 27 heavy (non-hydrogen) atoms. The smallest absolute Gasteiger partial charge is 0.254 e. The highest BCUT2D eigenvalue weighted by Gasteiger charge is 2.28. The van der Waals surface area contributed by atoms with Crippen LogP contribution in [0.1, 0.15) is 17.3 Å². The fourth-order valence-corrected chi connectivity index (χ4v) is 3.61. The van der Waals surface area contributed by atoms with E-state index in [9.17, 15) is 4.79 Å². The first kappa shape index (κ1) is 17.3. The van der Waals surface area contributed by atoms with Crippen LogP contribution in [0.5, 0.6) is 0 Å². The van der Waals surface area contributed by atoms with Gasteiger partial charge in [-0.25, -0.2) is 4.98 Å². The molecule has 1 fully saturated rings. The topological polar surface area (TPSA) is 36.4 Å². The Morgan fingerprint density at radius 1 is 0.889 bits per heavy atom. The van der Waals surface area contributed by atoms with E-state index in [1.807, 2.05) is 71.8 Å². The lowest BCUT2D eigenvalue weighted by Crippen LogP contribution is -2.54. The van der Waals surface area contributed by atoms with Crippen LogP contribution in [0.3, 0.4) is 0 Å². The Kier molecular flexibility index (Phi) is 4.88. The van der Waals surface area contributed by atoms with Gasteiger partial charge in [0.1, 0.15) is 5.82 Å². The van der Waals surface area contributed by atoms with Gasteiger partial charge in [-0.2, -0.15) is 0 Å². The highest BCUT2D eigenvalue weighted by Crippen LogP contribution is 2.22. The molecule has 1 aromatic heterocycles. The molecule has 0 bridgehead atoms. The van der Waals surface area contributed by atoms with Gasteiger partial charge in [-0.15, -0.1) is 0 Å². The van der Waals surface area contributed by atoms with E-state index < -0.39 is 0 Å². The molecule has 0 N–H and O–H groups in total. The first-order valence-corrected chi connectivity index (χ1v) is 9.35. The normalized spacial score (nSPS) is 17.0. The van der Waals surface area contributed by atoms with E-state index in [-0.39, 0.29) is 11.9 Å². The molecule has 1 amide bonds. The van der Waals surface area contributed by atoms with Crippen LogP contribution in [0.2, 0.25) is 0 Å². The summed E-state index contributed by atoms with van der Waals surface area (Å²) in [7, 11) is 0. The van der Waals surface area contributed by atoms with Gasteiger partial charge >= 0.3 is 0 Å². The van der Waals surface area contributed by atoms with Crippen molar-refractivity contribution in [3.63, 3.8) is 0 Å². The molecule has 1 aliphatic heterocycles. The van der Waals surface area contributed by atoms with Crippen LogP contribution < -0.4 is 4.90 Å². The predicted octanol–water partition coefficient (Wildman–Crippen LogP) is 4.10. The van der Waals surface area contributed by atoms with Gasteiger partial charge in [-0.1, -0.05) is 48.5 Å². The molecule has 4 rings (SSSR count). The average Bonchev–Trinajstić information content (AvgIpc) is 2.74. The number of benzene rings is 2. The van der Waals surface area contributed by atoms with Gasteiger partial charge in [-0.3, -0.25) is 4.79 Å². The van der Waals surface area contributed by atoms with Crippen molar-refractivity contribution in [3.8, 4) is 11.1 Å². The minimum atomic E-state index is 0.0998. The van der Waals surface area contributed by atoms with Gasteiger partial charge in [0.25, 0.3) is 5.91 Å². The Morgan fingerprint density at radius 3 is 2.26 bits per heavy atom. The monoisotopic (exact) mass is 357 g/mol. The quantitative estimate of drug-likeness (QED) is 0.708. The molecule has 1 aliphatic rings. The van der Waals surface area contributed by atoms with E-state index in [1.165, 1.54) is 0 Å². The zero-order chi connectivity index (χ0) is 18.6. The van der Waals surface area contributed by atoms with E-state index in [1.54, 1.807) is 0 Å². The maximum Gasteiger partial charge on any atom is 0.254 e. The third-order valence-electron chi connectivity index (χ3n) is 5.10. The summed E-state index contributed by atoms with van der Waals surface area (Å²) in [6.07, 6.45) is 1.81. The van der Waals surface area contributed by atoms with Gasteiger partial charge < -0.3 is 9.80 Å². The number of carbonyl (C=O) groups is 1. The first-order valence-electron chi connectivity index (χ1n) is 9.35. The fourth-order valence-electron chi connectivity index (χ4n) is 3.61. The van der Waals surface area contributed by atoms with Crippen molar-refractivity contribution in [3.05, 3.63) is 84.6 Å². The third kappa shape index (κ3) is 3.70. The van der Waals surface area contributed by atoms with Gasteiger partial charge in [0.2, 0.25) is 0 Å². The molecule has 4 nitrogen and oxygen atoms in total. The summed E-state index contributed by atoms with van der Waals surface area (Å²) in [5, 5.41) is 0. The van der Waals surface area contributed by atoms with Crippen LogP contribution in [0.15, 0.2) is 79.0 Å². The lowest BCUT2D eigenvalue weighted by atomic mass is 10.0. The van der Waals surface area contributed by atoms with Crippen molar-refractivity contribution in [2.75, 3.05) is 24.5 Å². The number of piperazine rings is 1. The van der Waals surface area contributed by atoms with Crippen LogP contribution in [0.25, 0.3) is 11.1 Å². The molecule has 4 heteroatoms. The Bertz CT molecular complexity index is 894. The van der Waals surface area contributed by atoms with Gasteiger partial charge in [-0.05, 0) is 42.3 Å². The molecule has 0 spiro atoms. The number of nitrogens with zero attached hydrogens (tertiary/aromatic N) is 3. The number of hydrogen-bond acceptors (Lipinski definition) is 3. The van der Waals surface area contributed by atoms with Crippen LogP contribution in [0, 0.1) is 0 Å². The Hall–Kier alpha value is -3.14. The van der Waals surface area contributed by atoms with E-state index in [0.717, 1.165) is 35.6 Å².